The van der Waals surface area contributed by atoms with E-state index in [2.05, 4.69) is 60.5 Å². The predicted molar refractivity (Wildman–Crippen MR) is 78.8 cm³/mol. The van der Waals surface area contributed by atoms with E-state index in [9.17, 15) is 0 Å². The van der Waals surface area contributed by atoms with Crippen LogP contribution < -0.4 is 5.32 Å². The highest BCUT2D eigenvalue weighted by atomic mass is 79.9. The van der Waals surface area contributed by atoms with E-state index >= 15 is 0 Å². The summed E-state index contributed by atoms with van der Waals surface area (Å²) in [6, 6.07) is 7.07. The van der Waals surface area contributed by atoms with Crippen LogP contribution in [0, 0.1) is 0 Å². The van der Waals surface area contributed by atoms with E-state index in [0.717, 1.165) is 27.2 Å². The zero-order chi connectivity index (χ0) is 12.5. The Morgan fingerprint density at radius 3 is 2.78 bits per heavy atom. The highest BCUT2D eigenvalue weighted by Crippen LogP contribution is 2.24. The largest absolute Gasteiger partial charge is 0.310 e. The van der Waals surface area contributed by atoms with Crippen LogP contribution in [-0.2, 0) is 6.54 Å². The van der Waals surface area contributed by atoms with Crippen LogP contribution in [-0.4, -0.2) is 15.8 Å². The second-order valence-corrected chi connectivity index (χ2v) is 6.30. The number of aromatic nitrogens is 2. The van der Waals surface area contributed by atoms with Gasteiger partial charge in [0.2, 0.25) is 0 Å². The molecule has 2 aromatic rings. The van der Waals surface area contributed by atoms with Gasteiger partial charge in [0.15, 0.2) is 0 Å². The summed E-state index contributed by atoms with van der Waals surface area (Å²) >= 11 is 7.03. The Kier molecular flexibility index (Phi) is 3.54. The molecule has 1 aromatic carbocycles. The average molecular weight is 371 g/mol. The lowest BCUT2D eigenvalue weighted by Gasteiger charge is -2.08. The van der Waals surface area contributed by atoms with Gasteiger partial charge in [0, 0.05) is 23.3 Å². The van der Waals surface area contributed by atoms with Gasteiger partial charge >= 0.3 is 0 Å². The van der Waals surface area contributed by atoms with Gasteiger partial charge in [0.05, 0.1) is 16.4 Å². The third-order valence-corrected chi connectivity index (χ3v) is 4.16. The van der Waals surface area contributed by atoms with Gasteiger partial charge in [-0.05, 0) is 46.5 Å². The van der Waals surface area contributed by atoms with Crippen LogP contribution in [0.15, 0.2) is 39.5 Å². The SMILES string of the molecule is Brc1cnn(-c2ccc(CNC3CC3)c(Br)c2)c1. The van der Waals surface area contributed by atoms with E-state index in [0.29, 0.717) is 0 Å². The van der Waals surface area contributed by atoms with E-state index < -0.39 is 0 Å². The number of nitrogens with zero attached hydrogens (tertiary/aromatic N) is 2. The van der Waals surface area contributed by atoms with Crippen molar-refractivity contribution in [3.63, 3.8) is 0 Å². The van der Waals surface area contributed by atoms with Crippen molar-refractivity contribution in [3.8, 4) is 5.69 Å². The molecule has 0 amide bonds. The second kappa shape index (κ2) is 5.15. The Bertz CT molecular complexity index is 561. The van der Waals surface area contributed by atoms with Gasteiger partial charge in [-0.15, -0.1) is 0 Å². The quantitative estimate of drug-likeness (QED) is 0.890. The van der Waals surface area contributed by atoms with Crippen LogP contribution in [0.1, 0.15) is 18.4 Å². The third-order valence-electron chi connectivity index (χ3n) is 3.01. The van der Waals surface area contributed by atoms with Gasteiger partial charge in [0.1, 0.15) is 0 Å². The highest BCUT2D eigenvalue weighted by Gasteiger charge is 2.20. The van der Waals surface area contributed by atoms with E-state index in [4.69, 9.17) is 0 Å². The summed E-state index contributed by atoms with van der Waals surface area (Å²) < 4.78 is 3.96. The summed E-state index contributed by atoms with van der Waals surface area (Å²) in [5, 5.41) is 7.79. The van der Waals surface area contributed by atoms with Crippen molar-refractivity contribution in [2.24, 2.45) is 0 Å². The van der Waals surface area contributed by atoms with E-state index in [1.807, 2.05) is 10.9 Å². The van der Waals surface area contributed by atoms with E-state index in [-0.39, 0.29) is 0 Å². The average Bonchev–Trinajstić information content (AvgIpc) is 3.08. The van der Waals surface area contributed by atoms with Gasteiger partial charge in [-0.2, -0.15) is 5.10 Å². The van der Waals surface area contributed by atoms with Gasteiger partial charge in [0.25, 0.3) is 0 Å². The second-order valence-electron chi connectivity index (χ2n) is 4.53. The molecule has 0 unspecified atom stereocenters. The van der Waals surface area contributed by atoms with E-state index in [1.165, 1.54) is 18.4 Å². The first-order valence-electron chi connectivity index (χ1n) is 5.95. The van der Waals surface area contributed by atoms with Crippen LogP contribution in [0.4, 0.5) is 0 Å². The molecular weight excluding hydrogens is 358 g/mol. The van der Waals surface area contributed by atoms with Crippen LogP contribution in [0.5, 0.6) is 0 Å². The monoisotopic (exact) mass is 369 g/mol. The molecule has 5 heteroatoms. The smallest absolute Gasteiger partial charge is 0.0657 e. The van der Waals surface area contributed by atoms with Crippen molar-refractivity contribution < 1.29 is 0 Å². The Morgan fingerprint density at radius 2 is 2.17 bits per heavy atom. The van der Waals surface area contributed by atoms with Crippen molar-refractivity contribution in [1.82, 2.24) is 15.1 Å². The maximum absolute atomic E-state index is 4.27. The molecular formula is C13H13Br2N3. The fourth-order valence-corrected chi connectivity index (χ4v) is 2.60. The number of rotatable bonds is 4. The lowest BCUT2D eigenvalue weighted by atomic mass is 10.2. The molecule has 0 bridgehead atoms. The van der Waals surface area contributed by atoms with Crippen LogP contribution >= 0.6 is 31.9 Å². The first kappa shape index (κ1) is 12.4. The van der Waals surface area contributed by atoms with Crippen molar-refractivity contribution in [3.05, 3.63) is 45.1 Å². The lowest BCUT2D eigenvalue weighted by Crippen LogP contribution is -2.15. The molecule has 18 heavy (non-hydrogen) atoms. The number of nitrogens with one attached hydrogen (secondary N) is 1. The molecule has 0 aliphatic heterocycles. The van der Waals surface area contributed by atoms with Crippen molar-refractivity contribution in [1.29, 1.82) is 0 Å². The molecule has 0 saturated heterocycles. The molecule has 0 atom stereocenters. The van der Waals surface area contributed by atoms with Crippen LogP contribution in [0.2, 0.25) is 0 Å². The standard InChI is InChI=1S/C13H13Br2N3/c14-10-7-17-18(8-10)12-4-1-9(13(15)5-12)6-16-11-2-3-11/h1,4-5,7-8,11,16H,2-3,6H2. The molecule has 94 valence electrons. The number of halogens is 2. The predicted octanol–water partition coefficient (Wildman–Crippen LogP) is 3.65. The fourth-order valence-electron chi connectivity index (χ4n) is 1.81. The summed E-state index contributed by atoms with van der Waals surface area (Å²) in [7, 11) is 0. The topological polar surface area (TPSA) is 29.9 Å². The van der Waals surface area contributed by atoms with Crippen molar-refractivity contribution in [2.45, 2.75) is 25.4 Å². The summed E-state index contributed by atoms with van der Waals surface area (Å²) in [6.45, 7) is 0.925. The lowest BCUT2D eigenvalue weighted by molar-refractivity contribution is 0.685. The zero-order valence-corrected chi connectivity index (χ0v) is 12.9. The Labute approximate surface area is 123 Å². The Balaban J connectivity index is 1.79. The van der Waals surface area contributed by atoms with Gasteiger partial charge in [-0.3, -0.25) is 0 Å². The Hall–Kier alpha value is -0.650. The van der Waals surface area contributed by atoms with Gasteiger partial charge in [-0.1, -0.05) is 22.0 Å². The summed E-state index contributed by atoms with van der Waals surface area (Å²) in [4.78, 5) is 0. The van der Waals surface area contributed by atoms with Crippen molar-refractivity contribution >= 4 is 31.9 Å². The molecule has 0 spiro atoms. The first-order valence-corrected chi connectivity index (χ1v) is 7.53. The molecule has 1 saturated carbocycles. The van der Waals surface area contributed by atoms with E-state index in [1.54, 1.807) is 6.20 Å². The third kappa shape index (κ3) is 2.84. The molecule has 3 nitrogen and oxygen atoms in total. The molecule has 1 aliphatic rings. The molecule has 1 aromatic heterocycles. The highest BCUT2D eigenvalue weighted by molar-refractivity contribution is 9.10. The van der Waals surface area contributed by atoms with Gasteiger partial charge < -0.3 is 5.32 Å². The minimum absolute atomic E-state index is 0.735. The number of hydrogen-bond donors (Lipinski definition) is 1. The first-order chi connectivity index (χ1) is 8.72. The maximum Gasteiger partial charge on any atom is 0.0657 e. The van der Waals surface area contributed by atoms with Gasteiger partial charge in [-0.25, -0.2) is 4.68 Å². The summed E-state index contributed by atoms with van der Waals surface area (Å²) in [5.41, 5.74) is 2.35. The molecule has 3 rings (SSSR count). The normalized spacial score (nSPS) is 15.0. The molecule has 1 heterocycles. The van der Waals surface area contributed by atoms with Crippen LogP contribution in [0.3, 0.4) is 0 Å². The Morgan fingerprint density at radius 1 is 1.33 bits per heavy atom. The minimum atomic E-state index is 0.735. The molecule has 0 radical (unpaired) electrons. The summed E-state index contributed by atoms with van der Waals surface area (Å²) in [6.07, 6.45) is 6.37. The van der Waals surface area contributed by atoms with Crippen LogP contribution in [0.25, 0.3) is 5.69 Å². The fraction of sp³-hybridized carbons (Fsp3) is 0.308. The summed E-state index contributed by atoms with van der Waals surface area (Å²) in [5.74, 6) is 0. The minimum Gasteiger partial charge on any atom is -0.310 e. The maximum atomic E-state index is 4.27. The molecule has 1 fully saturated rings. The van der Waals surface area contributed by atoms with Crippen molar-refractivity contribution in [2.75, 3.05) is 0 Å². The number of benzene rings is 1. The molecule has 1 N–H and O–H groups in total. The number of hydrogen-bond acceptors (Lipinski definition) is 2. The zero-order valence-electron chi connectivity index (χ0n) is 9.74. The molecule has 1 aliphatic carbocycles.